The number of carbonyl (C=O) groups excluding carboxylic acids is 1. The quantitative estimate of drug-likeness (QED) is 0.839. The lowest BCUT2D eigenvalue weighted by Crippen LogP contribution is -2.31. The summed E-state index contributed by atoms with van der Waals surface area (Å²) in [6.45, 7) is 2.48. The average molecular weight is 287 g/mol. The molecule has 0 aliphatic heterocycles. The van der Waals surface area contributed by atoms with Crippen LogP contribution in [0.5, 0.6) is 5.75 Å². The number of thiocarbonyl (C=S) groups is 1. The molecule has 0 aliphatic rings. The van der Waals surface area contributed by atoms with Crippen molar-refractivity contribution < 1.29 is 9.53 Å². The summed E-state index contributed by atoms with van der Waals surface area (Å²) in [5, 5.41) is 0.382. The van der Waals surface area contributed by atoms with Crippen LogP contribution in [0, 0.1) is 0 Å². The highest BCUT2D eigenvalue weighted by molar-refractivity contribution is 7.80. The maximum absolute atomic E-state index is 11.6. The van der Waals surface area contributed by atoms with E-state index in [0.29, 0.717) is 22.9 Å². The molecule has 0 aliphatic carbocycles. The van der Waals surface area contributed by atoms with Crippen LogP contribution < -0.4 is 10.5 Å². The topological polar surface area (TPSA) is 55.6 Å². The summed E-state index contributed by atoms with van der Waals surface area (Å²) in [7, 11) is 1.71. The molecule has 0 fully saturated rings. The summed E-state index contributed by atoms with van der Waals surface area (Å²) in [4.78, 5) is 13.4. The number of benzene rings is 1. The molecular formula is C12H15ClN2O2S. The molecule has 18 heavy (non-hydrogen) atoms. The van der Waals surface area contributed by atoms with Crippen molar-refractivity contribution in [2.24, 2.45) is 5.73 Å². The summed E-state index contributed by atoms with van der Waals surface area (Å²) < 4.78 is 5.35. The minimum Gasteiger partial charge on any atom is -0.482 e. The fourth-order valence-corrected chi connectivity index (χ4v) is 1.56. The van der Waals surface area contributed by atoms with Gasteiger partial charge in [0, 0.05) is 19.2 Å². The van der Waals surface area contributed by atoms with Gasteiger partial charge >= 0.3 is 0 Å². The lowest BCUT2D eigenvalue weighted by Gasteiger charge is -2.15. The molecule has 4 nitrogen and oxygen atoms in total. The van der Waals surface area contributed by atoms with Crippen LogP contribution in [0.2, 0.25) is 5.02 Å². The van der Waals surface area contributed by atoms with E-state index < -0.39 is 0 Å². The Kier molecular flexibility index (Phi) is 5.37. The zero-order chi connectivity index (χ0) is 13.7. The van der Waals surface area contributed by atoms with E-state index in [1.54, 1.807) is 30.1 Å². The van der Waals surface area contributed by atoms with Crippen LogP contribution in [0.4, 0.5) is 0 Å². The molecule has 1 amide bonds. The molecule has 0 saturated heterocycles. The van der Waals surface area contributed by atoms with Gasteiger partial charge in [-0.3, -0.25) is 4.79 Å². The van der Waals surface area contributed by atoms with Gasteiger partial charge in [0.15, 0.2) is 6.61 Å². The molecule has 0 radical (unpaired) electrons. The Morgan fingerprint density at radius 3 is 2.72 bits per heavy atom. The molecule has 98 valence electrons. The molecule has 1 aromatic carbocycles. The predicted molar refractivity (Wildman–Crippen MR) is 76.1 cm³/mol. The van der Waals surface area contributed by atoms with Gasteiger partial charge in [-0.2, -0.15) is 0 Å². The Balaban J connectivity index is 2.69. The molecule has 0 unspecified atom stereocenters. The van der Waals surface area contributed by atoms with Crippen molar-refractivity contribution in [3.05, 3.63) is 28.8 Å². The SMILES string of the molecule is CCN(C)C(=O)COc1ccc(C(N)=S)cc1Cl. The highest BCUT2D eigenvalue weighted by Gasteiger charge is 2.10. The Morgan fingerprint density at radius 1 is 1.56 bits per heavy atom. The number of hydrogen-bond donors (Lipinski definition) is 1. The molecule has 1 rings (SSSR count). The normalized spacial score (nSPS) is 9.94. The second-order valence-corrected chi connectivity index (χ2v) is 4.55. The first-order chi connectivity index (χ1) is 8.45. The molecule has 1 aromatic rings. The highest BCUT2D eigenvalue weighted by Crippen LogP contribution is 2.25. The lowest BCUT2D eigenvalue weighted by molar-refractivity contribution is -0.131. The Morgan fingerprint density at radius 2 is 2.22 bits per heavy atom. The maximum atomic E-state index is 11.6. The number of likely N-dealkylation sites (N-methyl/N-ethyl adjacent to an activating group) is 1. The van der Waals surface area contributed by atoms with Crippen LogP contribution in [0.1, 0.15) is 12.5 Å². The van der Waals surface area contributed by atoms with Crippen molar-refractivity contribution >= 4 is 34.7 Å². The van der Waals surface area contributed by atoms with E-state index in [0.717, 1.165) is 0 Å². The van der Waals surface area contributed by atoms with Crippen molar-refractivity contribution in [1.82, 2.24) is 4.90 Å². The average Bonchev–Trinajstić information content (AvgIpc) is 2.35. The molecule has 0 heterocycles. The summed E-state index contributed by atoms with van der Waals surface area (Å²) in [6, 6.07) is 4.97. The Bertz CT molecular complexity index is 465. The first kappa shape index (κ1) is 14.7. The zero-order valence-electron chi connectivity index (χ0n) is 10.3. The third-order valence-corrected chi connectivity index (χ3v) is 3.00. The van der Waals surface area contributed by atoms with Gasteiger partial charge in [0.1, 0.15) is 10.7 Å². The molecule has 0 aromatic heterocycles. The van der Waals surface area contributed by atoms with Gasteiger partial charge < -0.3 is 15.4 Å². The second-order valence-electron chi connectivity index (χ2n) is 3.71. The van der Waals surface area contributed by atoms with Crippen molar-refractivity contribution in [3.8, 4) is 5.75 Å². The van der Waals surface area contributed by atoms with E-state index in [9.17, 15) is 4.79 Å². The number of nitrogens with zero attached hydrogens (tertiary/aromatic N) is 1. The monoisotopic (exact) mass is 286 g/mol. The minimum absolute atomic E-state index is 0.0452. The van der Waals surface area contributed by atoms with E-state index in [1.165, 1.54) is 0 Å². The summed E-state index contributed by atoms with van der Waals surface area (Å²) >= 11 is 10.8. The van der Waals surface area contributed by atoms with Gasteiger partial charge in [-0.15, -0.1) is 0 Å². The highest BCUT2D eigenvalue weighted by atomic mass is 35.5. The number of rotatable bonds is 5. The molecule has 0 spiro atoms. The molecule has 2 N–H and O–H groups in total. The fraction of sp³-hybridized carbons (Fsp3) is 0.333. The molecule has 0 saturated carbocycles. The predicted octanol–water partition coefficient (Wildman–Crippen LogP) is 1.83. The number of halogens is 1. The van der Waals surface area contributed by atoms with Gasteiger partial charge in [-0.25, -0.2) is 0 Å². The van der Waals surface area contributed by atoms with Crippen LogP contribution in [0.3, 0.4) is 0 Å². The third-order valence-electron chi connectivity index (χ3n) is 2.47. The smallest absolute Gasteiger partial charge is 0.260 e. The lowest BCUT2D eigenvalue weighted by atomic mass is 10.2. The summed E-state index contributed by atoms with van der Waals surface area (Å²) in [5.41, 5.74) is 6.15. The fourth-order valence-electron chi connectivity index (χ4n) is 1.20. The van der Waals surface area contributed by atoms with Crippen molar-refractivity contribution in [2.45, 2.75) is 6.92 Å². The van der Waals surface area contributed by atoms with E-state index in [2.05, 4.69) is 0 Å². The minimum atomic E-state index is -0.105. The van der Waals surface area contributed by atoms with E-state index in [4.69, 9.17) is 34.3 Å². The van der Waals surface area contributed by atoms with Crippen LogP contribution in [-0.4, -0.2) is 36.0 Å². The van der Waals surface area contributed by atoms with Crippen molar-refractivity contribution in [2.75, 3.05) is 20.2 Å². The Hall–Kier alpha value is -1.33. The number of nitrogens with two attached hydrogens (primary N) is 1. The van der Waals surface area contributed by atoms with E-state index in [1.807, 2.05) is 6.92 Å². The molecule has 0 bridgehead atoms. The first-order valence-corrected chi connectivity index (χ1v) is 6.20. The largest absolute Gasteiger partial charge is 0.482 e. The van der Waals surface area contributed by atoms with E-state index >= 15 is 0 Å². The van der Waals surface area contributed by atoms with Gasteiger partial charge in [-0.05, 0) is 25.1 Å². The van der Waals surface area contributed by atoms with Crippen molar-refractivity contribution in [3.63, 3.8) is 0 Å². The molecule has 6 heteroatoms. The van der Waals surface area contributed by atoms with Crippen LogP contribution in [0.15, 0.2) is 18.2 Å². The number of hydrogen-bond acceptors (Lipinski definition) is 3. The Labute approximate surface area is 117 Å². The number of ether oxygens (including phenoxy) is 1. The third kappa shape index (κ3) is 3.85. The number of amides is 1. The summed E-state index contributed by atoms with van der Waals surface area (Å²) in [6.07, 6.45) is 0. The number of carbonyl (C=O) groups is 1. The molecular weight excluding hydrogens is 272 g/mol. The van der Waals surface area contributed by atoms with Gasteiger partial charge in [-0.1, -0.05) is 23.8 Å². The van der Waals surface area contributed by atoms with Crippen molar-refractivity contribution in [1.29, 1.82) is 0 Å². The summed E-state index contributed by atoms with van der Waals surface area (Å²) in [5.74, 6) is 0.335. The van der Waals surface area contributed by atoms with Crippen LogP contribution >= 0.6 is 23.8 Å². The van der Waals surface area contributed by atoms with Crippen LogP contribution in [0.25, 0.3) is 0 Å². The van der Waals surface area contributed by atoms with Gasteiger partial charge in [0.05, 0.1) is 5.02 Å². The first-order valence-electron chi connectivity index (χ1n) is 5.41. The van der Waals surface area contributed by atoms with Crippen LogP contribution in [-0.2, 0) is 4.79 Å². The zero-order valence-corrected chi connectivity index (χ0v) is 11.8. The van der Waals surface area contributed by atoms with Gasteiger partial charge in [0.25, 0.3) is 5.91 Å². The van der Waals surface area contributed by atoms with Gasteiger partial charge in [0.2, 0.25) is 0 Å². The maximum Gasteiger partial charge on any atom is 0.260 e. The second kappa shape index (κ2) is 6.56. The molecule has 0 atom stereocenters. The standard InChI is InChI=1S/C12H15ClN2O2S/c1-3-15(2)11(16)7-17-10-5-4-8(12(14)18)6-9(10)13/h4-6H,3,7H2,1-2H3,(H2,14,18). The van der Waals surface area contributed by atoms with E-state index in [-0.39, 0.29) is 17.5 Å².